The maximum Gasteiger partial charge on any atom is 0.262 e. The number of nitrogens with zero attached hydrogens (tertiary/aromatic N) is 1. The molecule has 0 atom stereocenters. The van der Waals surface area contributed by atoms with Crippen LogP contribution in [0.25, 0.3) is 0 Å². The molecule has 2 aromatic rings. The van der Waals surface area contributed by atoms with Crippen LogP contribution in [0, 0.1) is 6.92 Å². The fourth-order valence-corrected chi connectivity index (χ4v) is 1.54. The van der Waals surface area contributed by atoms with Crippen LogP contribution in [-0.4, -0.2) is 22.6 Å². The Kier molecular flexibility index (Phi) is 3.97. The van der Waals surface area contributed by atoms with E-state index in [1.807, 2.05) is 6.92 Å². The molecule has 0 aliphatic rings. The van der Waals surface area contributed by atoms with Gasteiger partial charge in [-0.15, -0.1) is 0 Å². The molecule has 5 nitrogen and oxygen atoms in total. The molecule has 0 aliphatic carbocycles. The first-order chi connectivity index (χ1) is 9.15. The van der Waals surface area contributed by atoms with E-state index in [-0.39, 0.29) is 24.0 Å². The highest BCUT2D eigenvalue weighted by atomic mass is 16.5. The summed E-state index contributed by atoms with van der Waals surface area (Å²) < 4.78 is 5.22. The zero-order chi connectivity index (χ0) is 13.7. The molecule has 2 N–H and O–H groups in total. The monoisotopic (exact) mass is 258 g/mol. The van der Waals surface area contributed by atoms with Crippen molar-refractivity contribution in [1.82, 2.24) is 4.98 Å². The van der Waals surface area contributed by atoms with Gasteiger partial charge in [0.2, 0.25) is 0 Å². The molecule has 1 aromatic carbocycles. The number of anilines is 1. The Balaban J connectivity index is 1.90. The molecule has 98 valence electrons. The molecule has 0 spiro atoms. The Hall–Kier alpha value is -2.56. The minimum atomic E-state index is -0.297. The molecule has 0 fully saturated rings. The zero-order valence-electron chi connectivity index (χ0n) is 10.5. The second kappa shape index (κ2) is 5.86. The third-order valence-electron chi connectivity index (χ3n) is 2.40. The minimum absolute atomic E-state index is 0.00931. The Labute approximate surface area is 110 Å². The van der Waals surface area contributed by atoms with Gasteiger partial charge in [-0.25, -0.2) is 0 Å². The van der Waals surface area contributed by atoms with E-state index >= 15 is 0 Å². The quantitative estimate of drug-likeness (QED) is 0.881. The van der Waals surface area contributed by atoms with E-state index in [0.717, 1.165) is 5.69 Å². The maximum atomic E-state index is 11.7. The van der Waals surface area contributed by atoms with Crippen LogP contribution in [0.5, 0.6) is 11.5 Å². The summed E-state index contributed by atoms with van der Waals surface area (Å²) in [6.07, 6.45) is 1.62. The first-order valence-corrected chi connectivity index (χ1v) is 5.78. The molecule has 0 saturated carbocycles. The summed E-state index contributed by atoms with van der Waals surface area (Å²) in [4.78, 5) is 15.7. The Morgan fingerprint density at radius 3 is 2.89 bits per heavy atom. The van der Waals surface area contributed by atoms with Crippen molar-refractivity contribution in [2.24, 2.45) is 0 Å². The number of carbonyl (C=O) groups excluding carboxylic acids is 1. The van der Waals surface area contributed by atoms with Crippen molar-refractivity contribution in [1.29, 1.82) is 0 Å². The van der Waals surface area contributed by atoms with E-state index in [2.05, 4.69) is 10.3 Å². The average Bonchev–Trinajstić information content (AvgIpc) is 2.38. The molecule has 0 bridgehead atoms. The normalized spacial score (nSPS) is 9.95. The second-order valence-electron chi connectivity index (χ2n) is 3.99. The molecule has 0 aliphatic heterocycles. The highest BCUT2D eigenvalue weighted by Gasteiger charge is 2.06. The van der Waals surface area contributed by atoms with Gasteiger partial charge in [-0.2, -0.15) is 0 Å². The number of pyridine rings is 1. The largest absolute Gasteiger partial charge is 0.504 e. The number of aryl methyl sites for hydroxylation is 1. The smallest absolute Gasteiger partial charge is 0.262 e. The lowest BCUT2D eigenvalue weighted by molar-refractivity contribution is -0.118. The zero-order valence-corrected chi connectivity index (χ0v) is 10.5. The number of para-hydroxylation sites is 2. The molecule has 2 rings (SSSR count). The van der Waals surface area contributed by atoms with Gasteiger partial charge < -0.3 is 15.2 Å². The summed E-state index contributed by atoms with van der Waals surface area (Å²) in [7, 11) is 0. The summed E-state index contributed by atoms with van der Waals surface area (Å²) in [5.74, 6) is -0.00697. The van der Waals surface area contributed by atoms with Gasteiger partial charge in [0.15, 0.2) is 18.1 Å². The third-order valence-corrected chi connectivity index (χ3v) is 2.40. The molecule has 5 heteroatoms. The van der Waals surface area contributed by atoms with Gasteiger partial charge in [0, 0.05) is 17.6 Å². The molecular formula is C14H14N2O3. The van der Waals surface area contributed by atoms with Crippen LogP contribution in [-0.2, 0) is 4.79 Å². The predicted octanol–water partition coefficient (Wildman–Crippen LogP) is 2.11. The number of ether oxygens (including phenoxy) is 1. The molecule has 0 unspecified atom stereocenters. The number of benzene rings is 1. The number of amides is 1. The second-order valence-corrected chi connectivity index (χ2v) is 3.99. The lowest BCUT2D eigenvalue weighted by atomic mass is 10.3. The van der Waals surface area contributed by atoms with Crippen LogP contribution >= 0.6 is 0 Å². The molecule has 0 saturated heterocycles. The molecule has 0 radical (unpaired) electrons. The first kappa shape index (κ1) is 12.9. The minimum Gasteiger partial charge on any atom is -0.504 e. The van der Waals surface area contributed by atoms with Crippen molar-refractivity contribution >= 4 is 11.6 Å². The number of phenols is 1. The van der Waals surface area contributed by atoms with Crippen LogP contribution in [0.4, 0.5) is 5.69 Å². The van der Waals surface area contributed by atoms with Gasteiger partial charge in [-0.05, 0) is 31.2 Å². The van der Waals surface area contributed by atoms with E-state index in [4.69, 9.17) is 4.74 Å². The van der Waals surface area contributed by atoms with E-state index in [1.165, 1.54) is 6.07 Å². The molecular weight excluding hydrogens is 244 g/mol. The van der Waals surface area contributed by atoms with Gasteiger partial charge in [0.25, 0.3) is 5.91 Å². The van der Waals surface area contributed by atoms with Gasteiger partial charge in [0.1, 0.15) is 0 Å². The lowest BCUT2D eigenvalue weighted by Crippen LogP contribution is -2.20. The summed E-state index contributed by atoms with van der Waals surface area (Å²) in [6, 6.07) is 9.96. The summed E-state index contributed by atoms with van der Waals surface area (Å²) in [6.45, 7) is 1.67. The molecule has 1 heterocycles. The fraction of sp³-hybridized carbons (Fsp3) is 0.143. The van der Waals surface area contributed by atoms with E-state index < -0.39 is 0 Å². The van der Waals surface area contributed by atoms with Gasteiger partial charge in [-0.3, -0.25) is 9.78 Å². The van der Waals surface area contributed by atoms with Crippen LogP contribution in [0.15, 0.2) is 42.6 Å². The summed E-state index contributed by atoms with van der Waals surface area (Å²) in [5.41, 5.74) is 1.48. The summed E-state index contributed by atoms with van der Waals surface area (Å²) >= 11 is 0. The van der Waals surface area contributed by atoms with Crippen LogP contribution in [0.1, 0.15) is 5.69 Å². The Bertz CT molecular complexity index is 584. The van der Waals surface area contributed by atoms with Crippen molar-refractivity contribution in [2.75, 3.05) is 11.9 Å². The van der Waals surface area contributed by atoms with E-state index in [1.54, 1.807) is 36.5 Å². The maximum absolute atomic E-state index is 11.7. The topological polar surface area (TPSA) is 71.5 Å². The first-order valence-electron chi connectivity index (χ1n) is 5.78. The van der Waals surface area contributed by atoms with Crippen molar-refractivity contribution < 1.29 is 14.6 Å². The number of carbonyl (C=O) groups is 1. The number of phenolic OH excluding ortho intramolecular Hbond substituents is 1. The lowest BCUT2D eigenvalue weighted by Gasteiger charge is -2.08. The van der Waals surface area contributed by atoms with Crippen molar-refractivity contribution in [2.45, 2.75) is 6.92 Å². The number of rotatable bonds is 4. The number of hydrogen-bond acceptors (Lipinski definition) is 4. The van der Waals surface area contributed by atoms with Crippen LogP contribution in [0.3, 0.4) is 0 Å². The van der Waals surface area contributed by atoms with Crippen molar-refractivity contribution in [3.8, 4) is 11.5 Å². The SMILES string of the molecule is Cc1cc(NC(=O)COc2ccccc2O)ccn1. The standard InChI is InChI=1S/C14H14N2O3/c1-10-8-11(6-7-15-10)16-14(18)9-19-13-5-3-2-4-12(13)17/h2-8,17H,9H2,1H3,(H,15,16,18). The van der Waals surface area contributed by atoms with Crippen LogP contribution in [0.2, 0.25) is 0 Å². The highest BCUT2D eigenvalue weighted by Crippen LogP contribution is 2.24. The van der Waals surface area contributed by atoms with Crippen LogP contribution < -0.4 is 10.1 Å². The molecule has 1 aromatic heterocycles. The highest BCUT2D eigenvalue weighted by molar-refractivity contribution is 5.91. The number of aromatic hydroxyl groups is 1. The van der Waals surface area contributed by atoms with Crippen molar-refractivity contribution in [3.63, 3.8) is 0 Å². The number of aromatic nitrogens is 1. The molecule has 19 heavy (non-hydrogen) atoms. The number of nitrogens with one attached hydrogen (secondary N) is 1. The fourth-order valence-electron chi connectivity index (χ4n) is 1.54. The van der Waals surface area contributed by atoms with E-state index in [9.17, 15) is 9.90 Å². The average molecular weight is 258 g/mol. The summed E-state index contributed by atoms with van der Waals surface area (Å²) in [5, 5.41) is 12.2. The Morgan fingerprint density at radius 1 is 1.37 bits per heavy atom. The predicted molar refractivity (Wildman–Crippen MR) is 71.2 cm³/mol. The number of hydrogen-bond donors (Lipinski definition) is 2. The van der Waals surface area contributed by atoms with Gasteiger partial charge in [-0.1, -0.05) is 12.1 Å². The third kappa shape index (κ3) is 3.70. The van der Waals surface area contributed by atoms with Gasteiger partial charge >= 0.3 is 0 Å². The van der Waals surface area contributed by atoms with E-state index in [0.29, 0.717) is 5.69 Å². The molecule has 1 amide bonds. The van der Waals surface area contributed by atoms with Gasteiger partial charge in [0.05, 0.1) is 0 Å². The van der Waals surface area contributed by atoms with Crippen molar-refractivity contribution in [3.05, 3.63) is 48.3 Å². The Morgan fingerprint density at radius 2 is 2.16 bits per heavy atom.